The predicted molar refractivity (Wildman–Crippen MR) is 103 cm³/mol. The van der Waals surface area contributed by atoms with Gasteiger partial charge in [-0.3, -0.25) is 19.2 Å². The van der Waals surface area contributed by atoms with Crippen molar-refractivity contribution in [2.24, 2.45) is 0 Å². The fourth-order valence-electron chi connectivity index (χ4n) is 3.14. The molecular weight excluding hydrogens is 398 g/mol. The van der Waals surface area contributed by atoms with Crippen molar-refractivity contribution >= 4 is 46.5 Å². The molecule has 2 aromatic carbocycles. The minimum Gasteiger partial charge on any atom is -0.351 e. The van der Waals surface area contributed by atoms with Crippen molar-refractivity contribution in [1.82, 2.24) is 5.16 Å². The molecule has 0 bridgehead atoms. The first-order chi connectivity index (χ1) is 13.9. The second-order valence-corrected chi connectivity index (χ2v) is 6.55. The highest BCUT2D eigenvalue weighted by atomic mass is 35.5. The van der Waals surface area contributed by atoms with Gasteiger partial charge in [-0.2, -0.15) is 0 Å². The Hall–Kier alpha value is -3.78. The molecule has 1 heterocycles. The number of nitrogens with zero attached hydrogens (tertiary/aromatic N) is 2. The first-order valence-electron chi connectivity index (χ1n) is 8.44. The van der Waals surface area contributed by atoms with E-state index in [0.29, 0.717) is 0 Å². The van der Waals surface area contributed by atoms with E-state index >= 15 is 0 Å². The summed E-state index contributed by atoms with van der Waals surface area (Å²) in [4.78, 5) is 50.5. The van der Waals surface area contributed by atoms with Crippen LogP contribution in [0.4, 0.5) is 11.4 Å². The standard InChI is InChI=1S/C20H12ClN3O5/c1-10(25)24(21)14-7-6-13-16(17(14)23-20(28)15-8-9-22-29-15)19(27)12-5-3-2-4-11(12)18(13)26/h2-9H,1H3,(H,23,28). The number of carbonyl (C=O) groups is 4. The van der Waals surface area contributed by atoms with Gasteiger partial charge in [0.15, 0.2) is 11.6 Å². The average Bonchev–Trinajstić information content (AvgIpc) is 3.26. The fourth-order valence-corrected chi connectivity index (χ4v) is 3.28. The van der Waals surface area contributed by atoms with Crippen LogP contribution in [0.2, 0.25) is 0 Å². The molecule has 0 atom stereocenters. The van der Waals surface area contributed by atoms with E-state index in [-0.39, 0.29) is 45.2 Å². The molecule has 3 aromatic rings. The molecule has 0 spiro atoms. The molecule has 0 fully saturated rings. The lowest BCUT2D eigenvalue weighted by atomic mass is 9.82. The normalized spacial score (nSPS) is 12.2. The van der Waals surface area contributed by atoms with E-state index < -0.39 is 17.6 Å². The maximum atomic E-state index is 13.2. The van der Waals surface area contributed by atoms with Gasteiger partial charge in [0.1, 0.15) is 0 Å². The summed E-state index contributed by atoms with van der Waals surface area (Å²) in [6, 6.07) is 10.5. The number of hydrogen-bond donors (Lipinski definition) is 1. The van der Waals surface area contributed by atoms with Gasteiger partial charge in [-0.25, -0.2) is 4.42 Å². The lowest BCUT2D eigenvalue weighted by molar-refractivity contribution is -0.115. The third-order valence-corrected chi connectivity index (χ3v) is 4.88. The Kier molecular flexibility index (Phi) is 4.48. The summed E-state index contributed by atoms with van der Waals surface area (Å²) in [5, 5.41) is 6.00. The Morgan fingerprint density at radius 1 is 1.00 bits per heavy atom. The molecule has 0 saturated carbocycles. The zero-order valence-corrected chi connectivity index (χ0v) is 15.7. The largest absolute Gasteiger partial charge is 0.351 e. The average molecular weight is 410 g/mol. The van der Waals surface area contributed by atoms with Gasteiger partial charge in [0, 0.05) is 41.5 Å². The van der Waals surface area contributed by atoms with Crippen molar-refractivity contribution in [2.75, 3.05) is 9.74 Å². The summed E-state index contributed by atoms with van der Waals surface area (Å²) in [5.74, 6) is -2.23. The third kappa shape index (κ3) is 2.99. The highest BCUT2D eigenvalue weighted by Gasteiger charge is 2.34. The molecule has 8 nitrogen and oxygen atoms in total. The highest BCUT2D eigenvalue weighted by Crippen LogP contribution is 2.39. The monoisotopic (exact) mass is 409 g/mol. The van der Waals surface area contributed by atoms with Crippen LogP contribution in [0.15, 0.2) is 53.2 Å². The first kappa shape index (κ1) is 18.6. The second kappa shape index (κ2) is 6.99. The predicted octanol–water partition coefficient (Wildman–Crippen LogP) is 3.21. The van der Waals surface area contributed by atoms with E-state index in [0.717, 1.165) is 4.42 Å². The molecule has 4 rings (SSSR count). The van der Waals surface area contributed by atoms with Gasteiger partial charge < -0.3 is 9.84 Å². The SMILES string of the molecule is CC(=O)N(Cl)c1ccc2c(c1NC(=O)c1ccno1)C(=O)c1ccccc1C2=O. The van der Waals surface area contributed by atoms with Crippen LogP contribution in [0.3, 0.4) is 0 Å². The zero-order valence-electron chi connectivity index (χ0n) is 14.9. The van der Waals surface area contributed by atoms with Crippen LogP contribution in [-0.2, 0) is 4.79 Å². The highest BCUT2D eigenvalue weighted by molar-refractivity contribution is 6.39. The molecule has 0 unspecified atom stereocenters. The summed E-state index contributed by atoms with van der Waals surface area (Å²) in [5.41, 5.74) is 0.485. The van der Waals surface area contributed by atoms with E-state index in [9.17, 15) is 19.2 Å². The number of hydrogen-bond acceptors (Lipinski definition) is 6. The lowest BCUT2D eigenvalue weighted by Gasteiger charge is -2.24. The Morgan fingerprint density at radius 3 is 2.31 bits per heavy atom. The van der Waals surface area contributed by atoms with Crippen molar-refractivity contribution in [3.8, 4) is 0 Å². The van der Waals surface area contributed by atoms with Gasteiger partial charge in [0.25, 0.3) is 5.91 Å². The van der Waals surface area contributed by atoms with Crippen LogP contribution in [0.5, 0.6) is 0 Å². The number of rotatable bonds is 3. The molecule has 29 heavy (non-hydrogen) atoms. The quantitative estimate of drug-likeness (QED) is 0.520. The van der Waals surface area contributed by atoms with E-state index in [2.05, 4.69) is 10.5 Å². The molecule has 0 aliphatic heterocycles. The number of halogens is 1. The van der Waals surface area contributed by atoms with Gasteiger partial charge in [0.2, 0.25) is 11.7 Å². The molecule has 1 aromatic heterocycles. The molecule has 1 N–H and O–H groups in total. The molecule has 2 amide bonds. The second-order valence-electron chi connectivity index (χ2n) is 6.22. The van der Waals surface area contributed by atoms with Crippen LogP contribution in [0.25, 0.3) is 0 Å². The van der Waals surface area contributed by atoms with E-state index in [1.54, 1.807) is 18.2 Å². The summed E-state index contributed by atoms with van der Waals surface area (Å²) in [7, 11) is 0. The number of benzene rings is 2. The van der Waals surface area contributed by atoms with E-state index in [1.807, 2.05) is 0 Å². The summed E-state index contributed by atoms with van der Waals surface area (Å²) < 4.78 is 5.59. The van der Waals surface area contributed by atoms with E-state index in [4.69, 9.17) is 16.3 Å². The maximum Gasteiger partial charge on any atom is 0.294 e. The van der Waals surface area contributed by atoms with Gasteiger partial charge in [0.05, 0.1) is 23.1 Å². The smallest absolute Gasteiger partial charge is 0.294 e. The maximum absolute atomic E-state index is 13.2. The summed E-state index contributed by atoms with van der Waals surface area (Å²) in [6.45, 7) is 1.22. The lowest BCUT2D eigenvalue weighted by Crippen LogP contribution is -2.27. The number of nitrogens with one attached hydrogen (secondary N) is 1. The molecular formula is C20H12ClN3O5. The number of carbonyl (C=O) groups excluding carboxylic acids is 4. The summed E-state index contributed by atoms with van der Waals surface area (Å²) >= 11 is 6.08. The zero-order chi connectivity index (χ0) is 20.7. The fraction of sp³-hybridized carbons (Fsp3) is 0.0500. The summed E-state index contributed by atoms with van der Waals surface area (Å²) in [6.07, 6.45) is 1.28. The van der Waals surface area contributed by atoms with Gasteiger partial charge in [-0.15, -0.1) is 0 Å². The van der Waals surface area contributed by atoms with Crippen molar-refractivity contribution in [3.63, 3.8) is 0 Å². The minimum absolute atomic E-state index is 0.0475. The Labute approximate surface area is 169 Å². The third-order valence-electron chi connectivity index (χ3n) is 4.46. The minimum atomic E-state index is -0.718. The van der Waals surface area contributed by atoms with Gasteiger partial charge >= 0.3 is 0 Å². The number of fused-ring (bicyclic) bond motifs is 2. The van der Waals surface area contributed by atoms with Crippen LogP contribution >= 0.6 is 11.8 Å². The van der Waals surface area contributed by atoms with Crippen molar-refractivity contribution < 1.29 is 23.7 Å². The molecule has 1 aliphatic carbocycles. The Balaban J connectivity index is 1.93. The van der Waals surface area contributed by atoms with Crippen LogP contribution < -0.4 is 9.74 Å². The van der Waals surface area contributed by atoms with Crippen molar-refractivity contribution in [1.29, 1.82) is 0 Å². The molecule has 1 aliphatic rings. The Bertz CT molecular complexity index is 1190. The molecule has 0 radical (unpaired) electrons. The van der Waals surface area contributed by atoms with Gasteiger partial charge in [-0.05, 0) is 12.1 Å². The molecule has 0 saturated heterocycles. The van der Waals surface area contributed by atoms with Crippen molar-refractivity contribution in [2.45, 2.75) is 6.92 Å². The number of amides is 2. The van der Waals surface area contributed by atoms with E-state index in [1.165, 1.54) is 37.4 Å². The topological polar surface area (TPSA) is 110 Å². The first-order valence-corrected chi connectivity index (χ1v) is 8.78. The number of anilines is 2. The van der Waals surface area contributed by atoms with Gasteiger partial charge in [-0.1, -0.05) is 29.4 Å². The van der Waals surface area contributed by atoms with Crippen LogP contribution in [-0.4, -0.2) is 28.5 Å². The van der Waals surface area contributed by atoms with Crippen LogP contribution in [0.1, 0.15) is 49.3 Å². The number of ketones is 2. The van der Waals surface area contributed by atoms with Crippen LogP contribution in [0, 0.1) is 0 Å². The molecule has 144 valence electrons. The Morgan fingerprint density at radius 2 is 1.69 bits per heavy atom. The molecule has 9 heteroatoms. The number of aromatic nitrogens is 1. The van der Waals surface area contributed by atoms with Crippen molar-refractivity contribution in [3.05, 3.63) is 76.7 Å².